The molecular formula is C14H8F4N2O3S. The minimum absolute atomic E-state index is 0.399. The van der Waals surface area contributed by atoms with E-state index in [1.807, 2.05) is 0 Å². The van der Waals surface area contributed by atoms with Crippen molar-refractivity contribution in [2.75, 3.05) is 0 Å². The van der Waals surface area contributed by atoms with Gasteiger partial charge in [0.05, 0.1) is 5.56 Å². The summed E-state index contributed by atoms with van der Waals surface area (Å²) in [5, 5.41) is -0.820. The second kappa shape index (κ2) is 5.78. The molecule has 3 rings (SSSR count). The molecule has 0 aliphatic rings. The summed E-state index contributed by atoms with van der Waals surface area (Å²) in [6, 6.07) is 4.85. The molecule has 3 aromatic rings. The average Bonchev–Trinajstić information content (AvgIpc) is 3.15. The van der Waals surface area contributed by atoms with Crippen molar-refractivity contribution < 1.29 is 30.4 Å². The first-order valence-electron chi connectivity index (χ1n) is 6.43. The van der Waals surface area contributed by atoms with Gasteiger partial charge in [0.1, 0.15) is 11.5 Å². The quantitative estimate of drug-likeness (QED) is 0.527. The molecule has 24 heavy (non-hydrogen) atoms. The van der Waals surface area contributed by atoms with Crippen molar-refractivity contribution in [3.63, 3.8) is 0 Å². The molecule has 5 nitrogen and oxygen atoms in total. The second-order valence-electron chi connectivity index (χ2n) is 4.61. The molecule has 10 heteroatoms. The van der Waals surface area contributed by atoms with E-state index in [1.54, 1.807) is 0 Å². The Morgan fingerprint density at radius 3 is 2.50 bits per heavy atom. The highest BCUT2D eigenvalue weighted by atomic mass is 32.2. The fourth-order valence-electron chi connectivity index (χ4n) is 2.09. The van der Waals surface area contributed by atoms with Gasteiger partial charge in [0, 0.05) is 12.4 Å². The van der Waals surface area contributed by atoms with E-state index in [2.05, 4.69) is 9.40 Å². The van der Waals surface area contributed by atoms with Crippen molar-refractivity contribution in [2.24, 2.45) is 0 Å². The van der Waals surface area contributed by atoms with E-state index in [4.69, 9.17) is 0 Å². The molecule has 126 valence electrons. The molecule has 0 aliphatic carbocycles. The monoisotopic (exact) mass is 360 g/mol. The zero-order chi connectivity index (χ0) is 17.5. The highest BCUT2D eigenvalue weighted by molar-refractivity contribution is 7.89. The zero-order valence-corrected chi connectivity index (χ0v) is 12.5. The molecule has 0 atom stereocenters. The van der Waals surface area contributed by atoms with Gasteiger partial charge in [-0.3, -0.25) is 0 Å². The number of halogens is 4. The van der Waals surface area contributed by atoms with Crippen LogP contribution in [0.25, 0.3) is 11.3 Å². The fourth-order valence-corrected chi connectivity index (χ4v) is 3.37. The number of rotatable bonds is 4. The van der Waals surface area contributed by atoms with E-state index < -0.39 is 50.3 Å². The number of furan rings is 1. The van der Waals surface area contributed by atoms with Gasteiger partial charge < -0.3 is 4.42 Å². The van der Waals surface area contributed by atoms with Gasteiger partial charge in [0.2, 0.25) is 11.0 Å². The molecule has 0 N–H and O–H groups in total. The lowest BCUT2D eigenvalue weighted by atomic mass is 10.2. The lowest BCUT2D eigenvalue weighted by Crippen LogP contribution is -2.13. The predicted molar refractivity (Wildman–Crippen MR) is 73.8 cm³/mol. The Labute approximate surface area is 133 Å². The van der Waals surface area contributed by atoms with Crippen LogP contribution < -0.4 is 0 Å². The van der Waals surface area contributed by atoms with E-state index in [0.29, 0.717) is 3.97 Å². The third-order valence-corrected chi connectivity index (χ3v) is 4.70. The molecular weight excluding hydrogens is 352 g/mol. The molecule has 0 radical (unpaired) electrons. The molecule has 0 bridgehead atoms. The Kier molecular flexibility index (Phi) is 3.91. The average molecular weight is 360 g/mol. The summed E-state index contributed by atoms with van der Waals surface area (Å²) in [6.07, 6.45) is -1.07. The maximum atomic E-state index is 14.0. The van der Waals surface area contributed by atoms with Gasteiger partial charge in [-0.15, -0.1) is 0 Å². The van der Waals surface area contributed by atoms with Crippen LogP contribution in [0.15, 0.2) is 52.2 Å². The van der Waals surface area contributed by atoms with E-state index in [0.717, 1.165) is 36.7 Å². The summed E-state index contributed by atoms with van der Waals surface area (Å²) in [7, 11) is -4.54. The molecule has 0 fully saturated rings. The standard InChI is InChI=1S/C14H8F4N2O3S/c15-9-5-7-20(12(9)8-2-1-6-19-14(8)18)24(21,22)11-4-3-10(23-11)13(16)17/h1-7,13H. The number of hydrogen-bond donors (Lipinski definition) is 0. The van der Waals surface area contributed by atoms with Crippen LogP contribution in [-0.2, 0) is 10.0 Å². The third-order valence-electron chi connectivity index (χ3n) is 3.15. The van der Waals surface area contributed by atoms with Crippen molar-refractivity contribution in [2.45, 2.75) is 11.5 Å². The van der Waals surface area contributed by atoms with Gasteiger partial charge in [-0.2, -0.15) is 12.8 Å². The third kappa shape index (κ3) is 2.58. The molecule has 0 amide bonds. The van der Waals surface area contributed by atoms with Crippen LogP contribution in [0.3, 0.4) is 0 Å². The van der Waals surface area contributed by atoms with Crippen molar-refractivity contribution >= 4 is 10.0 Å². The summed E-state index contributed by atoms with van der Waals surface area (Å²) in [4.78, 5) is 3.34. The molecule has 0 saturated carbocycles. The van der Waals surface area contributed by atoms with E-state index >= 15 is 0 Å². The topological polar surface area (TPSA) is 65.1 Å². The lowest BCUT2D eigenvalue weighted by Gasteiger charge is -2.09. The van der Waals surface area contributed by atoms with Crippen molar-refractivity contribution in [1.29, 1.82) is 0 Å². The summed E-state index contributed by atoms with van der Waals surface area (Å²) in [5.41, 5.74) is -1.01. The SMILES string of the molecule is O=S(=O)(c1ccc(C(F)F)o1)n1ccc(F)c1-c1cccnc1F. The Bertz CT molecular complexity index is 995. The van der Waals surface area contributed by atoms with Crippen LogP contribution in [0.2, 0.25) is 0 Å². The van der Waals surface area contributed by atoms with Gasteiger partial charge in [-0.05, 0) is 30.3 Å². The first-order chi connectivity index (χ1) is 11.3. The molecule has 0 saturated heterocycles. The van der Waals surface area contributed by atoms with Crippen molar-refractivity contribution in [3.05, 3.63) is 60.3 Å². The van der Waals surface area contributed by atoms with Gasteiger partial charge in [0.25, 0.3) is 6.43 Å². The summed E-state index contributed by atoms with van der Waals surface area (Å²) < 4.78 is 83.0. The number of pyridine rings is 1. The van der Waals surface area contributed by atoms with Crippen LogP contribution in [0.1, 0.15) is 12.2 Å². The maximum Gasteiger partial charge on any atom is 0.301 e. The van der Waals surface area contributed by atoms with Gasteiger partial charge in [0.15, 0.2) is 5.76 Å². The summed E-state index contributed by atoms with van der Waals surface area (Å²) >= 11 is 0. The Morgan fingerprint density at radius 1 is 1.12 bits per heavy atom. The second-order valence-corrected chi connectivity index (χ2v) is 6.36. The molecule has 0 spiro atoms. The Morgan fingerprint density at radius 2 is 1.88 bits per heavy atom. The number of alkyl halides is 2. The molecule has 0 aromatic carbocycles. The Balaban J connectivity index is 2.18. The molecule has 3 heterocycles. The van der Waals surface area contributed by atoms with Crippen LogP contribution in [0.4, 0.5) is 17.6 Å². The molecule has 0 aliphatic heterocycles. The van der Waals surface area contributed by atoms with Crippen molar-refractivity contribution in [1.82, 2.24) is 8.96 Å². The summed E-state index contributed by atoms with van der Waals surface area (Å²) in [6.45, 7) is 0. The first-order valence-corrected chi connectivity index (χ1v) is 7.87. The van der Waals surface area contributed by atoms with E-state index in [9.17, 15) is 26.0 Å². The minimum atomic E-state index is -4.54. The maximum absolute atomic E-state index is 14.0. The molecule has 0 unspecified atom stereocenters. The Hall–Kier alpha value is -2.62. The predicted octanol–water partition coefficient (Wildman–Crippen LogP) is 3.60. The lowest BCUT2D eigenvalue weighted by molar-refractivity contribution is 0.116. The number of aromatic nitrogens is 2. The van der Waals surface area contributed by atoms with E-state index in [-0.39, 0.29) is 0 Å². The molecule has 3 aromatic heterocycles. The minimum Gasteiger partial charge on any atom is -0.442 e. The van der Waals surface area contributed by atoms with Crippen LogP contribution in [0.5, 0.6) is 0 Å². The van der Waals surface area contributed by atoms with Gasteiger partial charge >= 0.3 is 10.0 Å². The largest absolute Gasteiger partial charge is 0.442 e. The van der Waals surface area contributed by atoms with Crippen molar-refractivity contribution in [3.8, 4) is 11.3 Å². The highest BCUT2D eigenvalue weighted by Crippen LogP contribution is 2.31. The number of nitrogens with zero attached hydrogens (tertiary/aromatic N) is 2. The van der Waals surface area contributed by atoms with Crippen LogP contribution >= 0.6 is 0 Å². The fraction of sp³-hybridized carbons (Fsp3) is 0.0714. The zero-order valence-electron chi connectivity index (χ0n) is 11.7. The van der Waals surface area contributed by atoms with Crippen LogP contribution in [-0.4, -0.2) is 17.4 Å². The van der Waals surface area contributed by atoms with Gasteiger partial charge in [-0.25, -0.2) is 22.1 Å². The first kappa shape index (κ1) is 16.2. The normalized spacial score (nSPS) is 12.0. The van der Waals surface area contributed by atoms with Crippen LogP contribution in [0, 0.1) is 11.8 Å². The van der Waals surface area contributed by atoms with E-state index in [1.165, 1.54) is 6.07 Å². The smallest absolute Gasteiger partial charge is 0.301 e. The number of hydrogen-bond acceptors (Lipinski definition) is 4. The van der Waals surface area contributed by atoms with Gasteiger partial charge in [-0.1, -0.05) is 0 Å². The highest BCUT2D eigenvalue weighted by Gasteiger charge is 2.28. The summed E-state index contributed by atoms with van der Waals surface area (Å²) in [5.74, 6) is -2.96.